The molecule has 1 fully saturated rings. The molecule has 0 bridgehead atoms. The van der Waals surface area contributed by atoms with Gasteiger partial charge in [-0.15, -0.1) is 0 Å². The van der Waals surface area contributed by atoms with E-state index in [0.29, 0.717) is 6.54 Å². The summed E-state index contributed by atoms with van der Waals surface area (Å²) in [4.78, 5) is 15.5. The molecule has 1 aromatic carbocycles. The maximum absolute atomic E-state index is 11.0. The summed E-state index contributed by atoms with van der Waals surface area (Å²) in [6.07, 6.45) is 3.84. The van der Waals surface area contributed by atoms with Gasteiger partial charge in [-0.25, -0.2) is 0 Å². The number of fused-ring (bicyclic) bond motifs is 1. The highest BCUT2D eigenvalue weighted by Crippen LogP contribution is 2.26. The summed E-state index contributed by atoms with van der Waals surface area (Å²) < 4.78 is 5.87. The van der Waals surface area contributed by atoms with Gasteiger partial charge in [-0.1, -0.05) is 24.3 Å². The van der Waals surface area contributed by atoms with Crippen LogP contribution in [0, 0.1) is 5.92 Å². The summed E-state index contributed by atoms with van der Waals surface area (Å²) in [7, 11) is 1.92. The summed E-state index contributed by atoms with van der Waals surface area (Å²) >= 11 is 0. The second kappa shape index (κ2) is 8.10. The average molecular weight is 331 g/mol. The Morgan fingerprint density at radius 1 is 1.38 bits per heavy atom. The molecule has 1 saturated heterocycles. The van der Waals surface area contributed by atoms with E-state index in [9.17, 15) is 4.79 Å². The molecule has 1 aliphatic heterocycles. The van der Waals surface area contributed by atoms with E-state index < -0.39 is 0 Å². The van der Waals surface area contributed by atoms with Crippen molar-refractivity contribution >= 4 is 5.91 Å². The number of nitrogens with two attached hydrogens (primary N) is 1. The fourth-order valence-corrected chi connectivity index (χ4v) is 4.03. The zero-order valence-corrected chi connectivity index (χ0v) is 14.6. The van der Waals surface area contributed by atoms with Crippen molar-refractivity contribution in [2.75, 3.05) is 46.4 Å². The van der Waals surface area contributed by atoms with E-state index in [0.717, 1.165) is 38.7 Å². The van der Waals surface area contributed by atoms with Crippen molar-refractivity contribution in [2.45, 2.75) is 25.4 Å². The second-order valence-electron chi connectivity index (χ2n) is 7.29. The number of hydrogen-bond acceptors (Lipinski definition) is 4. The van der Waals surface area contributed by atoms with Gasteiger partial charge in [0.25, 0.3) is 0 Å². The highest BCUT2D eigenvalue weighted by Gasteiger charge is 2.26. The lowest BCUT2D eigenvalue weighted by Gasteiger charge is -2.37. The number of amides is 1. The summed E-state index contributed by atoms with van der Waals surface area (Å²) in [6.45, 7) is 4.92. The van der Waals surface area contributed by atoms with Gasteiger partial charge in [0.15, 0.2) is 0 Å². The van der Waals surface area contributed by atoms with Gasteiger partial charge in [0.2, 0.25) is 5.91 Å². The van der Waals surface area contributed by atoms with Gasteiger partial charge in [-0.2, -0.15) is 0 Å². The number of benzene rings is 1. The van der Waals surface area contributed by atoms with Gasteiger partial charge in [0.05, 0.1) is 19.3 Å². The largest absolute Gasteiger partial charge is 0.374 e. The molecule has 0 radical (unpaired) electrons. The Hall–Kier alpha value is -1.43. The molecular weight excluding hydrogens is 302 g/mol. The van der Waals surface area contributed by atoms with Gasteiger partial charge in [0, 0.05) is 26.2 Å². The first-order chi connectivity index (χ1) is 11.6. The smallest absolute Gasteiger partial charge is 0.231 e. The van der Waals surface area contributed by atoms with Gasteiger partial charge >= 0.3 is 0 Å². The molecule has 1 amide bonds. The third-order valence-electron chi connectivity index (χ3n) is 5.13. The Morgan fingerprint density at radius 2 is 2.17 bits per heavy atom. The molecule has 1 heterocycles. The van der Waals surface area contributed by atoms with Crippen molar-refractivity contribution in [2.24, 2.45) is 11.7 Å². The number of ether oxygens (including phenoxy) is 1. The standard InChI is InChI=1S/C19H29N3O2/c1-21(14-19(20)23)12-18-13-22(8-9-24-18)11-15-6-7-16-4-2-3-5-17(16)10-15/h2-5,15,18H,6-14H2,1H3,(H2,20,23). The van der Waals surface area contributed by atoms with Crippen LogP contribution in [0.5, 0.6) is 0 Å². The fraction of sp³-hybridized carbons (Fsp3) is 0.632. The molecule has 3 rings (SSSR count). The predicted molar refractivity (Wildman–Crippen MR) is 94.8 cm³/mol. The van der Waals surface area contributed by atoms with Crippen molar-refractivity contribution in [3.63, 3.8) is 0 Å². The van der Waals surface area contributed by atoms with E-state index in [1.165, 1.54) is 30.4 Å². The van der Waals surface area contributed by atoms with Crippen LogP contribution >= 0.6 is 0 Å². The lowest BCUT2D eigenvalue weighted by atomic mass is 9.83. The number of primary amides is 1. The third kappa shape index (κ3) is 4.79. The molecule has 0 spiro atoms. The number of nitrogens with zero attached hydrogens (tertiary/aromatic N) is 2. The van der Waals surface area contributed by atoms with Gasteiger partial charge < -0.3 is 10.5 Å². The van der Waals surface area contributed by atoms with E-state index in [2.05, 4.69) is 29.2 Å². The first-order valence-corrected chi connectivity index (χ1v) is 8.97. The molecule has 2 unspecified atom stereocenters. The Kier molecular flexibility index (Phi) is 5.87. The SMILES string of the molecule is CN(CC(N)=O)CC1CN(CC2CCc3ccccc3C2)CCO1. The number of morpholine rings is 1. The van der Waals surface area contributed by atoms with Crippen LogP contribution in [-0.4, -0.2) is 68.2 Å². The minimum Gasteiger partial charge on any atom is -0.374 e. The molecule has 5 nitrogen and oxygen atoms in total. The number of likely N-dealkylation sites (N-methyl/N-ethyl adjacent to an activating group) is 1. The van der Waals surface area contributed by atoms with Crippen LogP contribution in [0.1, 0.15) is 17.5 Å². The van der Waals surface area contributed by atoms with Crippen LogP contribution < -0.4 is 5.73 Å². The quantitative estimate of drug-likeness (QED) is 0.842. The first-order valence-electron chi connectivity index (χ1n) is 8.97. The Morgan fingerprint density at radius 3 is 2.96 bits per heavy atom. The maximum atomic E-state index is 11.0. The van der Waals surface area contributed by atoms with Gasteiger partial charge in [0.1, 0.15) is 0 Å². The van der Waals surface area contributed by atoms with Gasteiger partial charge in [-0.3, -0.25) is 14.6 Å². The van der Waals surface area contributed by atoms with Gasteiger partial charge in [-0.05, 0) is 43.4 Å². The van der Waals surface area contributed by atoms with Crippen molar-refractivity contribution in [3.05, 3.63) is 35.4 Å². The molecule has 5 heteroatoms. The fourth-order valence-electron chi connectivity index (χ4n) is 4.03. The lowest BCUT2D eigenvalue weighted by Crippen LogP contribution is -2.49. The van der Waals surface area contributed by atoms with Crippen molar-refractivity contribution in [1.29, 1.82) is 0 Å². The number of hydrogen-bond donors (Lipinski definition) is 1. The molecule has 0 aromatic heterocycles. The molecule has 1 aliphatic carbocycles. The molecule has 24 heavy (non-hydrogen) atoms. The lowest BCUT2D eigenvalue weighted by molar-refractivity contribution is -0.119. The Bertz CT molecular complexity index is 563. The van der Waals surface area contributed by atoms with E-state index >= 15 is 0 Å². The van der Waals surface area contributed by atoms with Crippen LogP contribution in [0.15, 0.2) is 24.3 Å². The summed E-state index contributed by atoms with van der Waals surface area (Å²) in [5.74, 6) is 0.452. The normalized spacial score (nSPS) is 24.8. The summed E-state index contributed by atoms with van der Waals surface area (Å²) in [5.41, 5.74) is 8.31. The predicted octanol–water partition coefficient (Wildman–Crippen LogP) is 0.909. The van der Waals surface area contributed by atoms with Crippen LogP contribution in [0.3, 0.4) is 0 Å². The minimum atomic E-state index is -0.286. The molecule has 2 atom stereocenters. The first kappa shape index (κ1) is 17.4. The van der Waals surface area contributed by atoms with Crippen molar-refractivity contribution < 1.29 is 9.53 Å². The molecule has 2 N–H and O–H groups in total. The highest BCUT2D eigenvalue weighted by atomic mass is 16.5. The number of carbonyl (C=O) groups is 1. The van der Waals surface area contributed by atoms with Crippen LogP contribution in [0.2, 0.25) is 0 Å². The van der Waals surface area contributed by atoms with Crippen LogP contribution in [0.25, 0.3) is 0 Å². The molecular formula is C19H29N3O2. The zero-order valence-electron chi connectivity index (χ0n) is 14.6. The Balaban J connectivity index is 1.48. The molecule has 0 saturated carbocycles. The molecule has 132 valence electrons. The van der Waals surface area contributed by atoms with Crippen LogP contribution in [0.4, 0.5) is 0 Å². The topological polar surface area (TPSA) is 58.8 Å². The molecule has 1 aromatic rings. The van der Waals surface area contributed by atoms with E-state index in [4.69, 9.17) is 10.5 Å². The Labute approximate surface area is 144 Å². The summed E-state index contributed by atoms with van der Waals surface area (Å²) in [5, 5.41) is 0. The number of rotatable bonds is 6. The van der Waals surface area contributed by atoms with E-state index in [1.807, 2.05) is 11.9 Å². The highest BCUT2D eigenvalue weighted by molar-refractivity contribution is 5.75. The maximum Gasteiger partial charge on any atom is 0.231 e. The third-order valence-corrected chi connectivity index (χ3v) is 5.13. The van der Waals surface area contributed by atoms with E-state index in [1.54, 1.807) is 0 Å². The average Bonchev–Trinajstić information content (AvgIpc) is 2.54. The van der Waals surface area contributed by atoms with E-state index in [-0.39, 0.29) is 12.0 Å². The minimum absolute atomic E-state index is 0.166. The van der Waals surface area contributed by atoms with Crippen molar-refractivity contribution in [1.82, 2.24) is 9.80 Å². The van der Waals surface area contributed by atoms with Crippen LogP contribution in [-0.2, 0) is 22.4 Å². The monoisotopic (exact) mass is 331 g/mol. The summed E-state index contributed by atoms with van der Waals surface area (Å²) in [6, 6.07) is 8.85. The number of carbonyl (C=O) groups excluding carboxylic acids is 1. The van der Waals surface area contributed by atoms with Crippen molar-refractivity contribution in [3.8, 4) is 0 Å². The molecule has 2 aliphatic rings. The number of aryl methyl sites for hydroxylation is 1. The second-order valence-corrected chi connectivity index (χ2v) is 7.29. The zero-order chi connectivity index (χ0) is 16.9.